The Morgan fingerprint density at radius 3 is 2.00 bits per heavy atom. The Kier molecular flexibility index (Phi) is 9.14. The SMILES string of the molecule is CCCC.C[P+](=O)OOS(=O)(=O)c1ccc(Cl)cc1. The quantitative estimate of drug-likeness (QED) is 0.461. The van der Waals surface area contributed by atoms with Gasteiger partial charge in [0.1, 0.15) is 0 Å². The monoisotopic (exact) mass is 327 g/mol. The van der Waals surface area contributed by atoms with E-state index in [1.807, 2.05) is 0 Å². The van der Waals surface area contributed by atoms with Crippen LogP contribution in [0.4, 0.5) is 0 Å². The van der Waals surface area contributed by atoms with Crippen LogP contribution in [0.3, 0.4) is 0 Å². The lowest BCUT2D eigenvalue weighted by atomic mass is 10.4. The summed E-state index contributed by atoms with van der Waals surface area (Å²) in [4.78, 5) is -0.122. The molecule has 1 atom stereocenters. The summed E-state index contributed by atoms with van der Waals surface area (Å²) in [7, 11) is -6.18. The summed E-state index contributed by atoms with van der Waals surface area (Å²) in [6.45, 7) is 5.53. The molecule has 1 aromatic rings. The molecule has 0 spiro atoms. The zero-order valence-electron chi connectivity index (χ0n) is 11.0. The molecule has 8 heteroatoms. The minimum absolute atomic E-state index is 0.122. The maximum atomic E-state index is 11.3. The summed E-state index contributed by atoms with van der Waals surface area (Å²) in [6, 6.07) is 5.29. The number of hydrogen-bond donors (Lipinski definition) is 0. The van der Waals surface area contributed by atoms with Crippen LogP contribution in [0.2, 0.25) is 5.02 Å². The third-order valence-electron chi connectivity index (χ3n) is 1.83. The first kappa shape index (κ1) is 18.5. The third-order valence-corrected chi connectivity index (χ3v) is 3.56. The molecular weight excluding hydrogens is 311 g/mol. The van der Waals surface area contributed by atoms with Gasteiger partial charge in [-0.3, -0.25) is 0 Å². The maximum Gasteiger partial charge on any atom is 0.537 e. The van der Waals surface area contributed by atoms with E-state index in [1.165, 1.54) is 43.8 Å². The van der Waals surface area contributed by atoms with Gasteiger partial charge >= 0.3 is 18.1 Å². The Morgan fingerprint density at radius 2 is 1.63 bits per heavy atom. The summed E-state index contributed by atoms with van der Waals surface area (Å²) in [6.07, 6.45) is 2.64. The zero-order chi connectivity index (χ0) is 14.9. The van der Waals surface area contributed by atoms with Gasteiger partial charge in [0.2, 0.25) is 0 Å². The van der Waals surface area contributed by atoms with Gasteiger partial charge in [-0.1, -0.05) is 42.6 Å². The van der Waals surface area contributed by atoms with Crippen molar-refractivity contribution in [2.45, 2.75) is 31.6 Å². The van der Waals surface area contributed by atoms with Crippen molar-refractivity contribution in [1.29, 1.82) is 0 Å². The van der Waals surface area contributed by atoms with E-state index in [2.05, 4.69) is 22.9 Å². The fourth-order valence-electron chi connectivity index (χ4n) is 0.723. The van der Waals surface area contributed by atoms with E-state index in [0.29, 0.717) is 5.02 Å². The minimum atomic E-state index is -4.04. The molecule has 0 saturated heterocycles. The van der Waals surface area contributed by atoms with Crippen LogP contribution in [0.5, 0.6) is 0 Å². The van der Waals surface area contributed by atoms with Crippen LogP contribution in [0, 0.1) is 0 Å². The van der Waals surface area contributed by atoms with Gasteiger partial charge in [-0.25, -0.2) is 0 Å². The average molecular weight is 328 g/mol. The third kappa shape index (κ3) is 8.29. The molecule has 0 amide bonds. The van der Waals surface area contributed by atoms with Gasteiger partial charge in [-0.2, -0.15) is 8.42 Å². The van der Waals surface area contributed by atoms with E-state index in [-0.39, 0.29) is 4.90 Å². The second kappa shape index (κ2) is 9.39. The number of halogens is 1. The predicted octanol–water partition coefficient (Wildman–Crippen LogP) is 4.16. The van der Waals surface area contributed by atoms with Crippen LogP contribution in [-0.4, -0.2) is 15.1 Å². The first-order valence-corrected chi connectivity index (χ1v) is 9.02. The Balaban J connectivity index is 0.000000711. The molecule has 0 aliphatic heterocycles. The second-order valence-electron chi connectivity index (χ2n) is 3.49. The standard InChI is InChI=1S/C7H7ClO5PS.C4H10/c1-14(9)12-13-15(10,11)7-4-2-6(8)3-5-7;1-3-4-2/h2-5H,1H3;3-4H2,1-2H3/q+1;. The molecular formula is C11H17ClO5PS+. The molecule has 1 unspecified atom stereocenters. The highest BCUT2D eigenvalue weighted by Gasteiger charge is 2.21. The maximum absolute atomic E-state index is 11.3. The van der Waals surface area contributed by atoms with E-state index in [9.17, 15) is 13.0 Å². The van der Waals surface area contributed by atoms with Crippen molar-refractivity contribution in [3.05, 3.63) is 29.3 Å². The molecule has 108 valence electrons. The van der Waals surface area contributed by atoms with Gasteiger partial charge in [0.25, 0.3) is 0 Å². The number of hydrogen-bond acceptors (Lipinski definition) is 5. The van der Waals surface area contributed by atoms with Crippen molar-refractivity contribution in [1.82, 2.24) is 0 Å². The number of rotatable bonds is 5. The molecule has 0 fully saturated rings. The highest BCUT2D eigenvalue weighted by Crippen LogP contribution is 2.22. The van der Waals surface area contributed by atoms with Crippen molar-refractivity contribution in [3.8, 4) is 0 Å². The summed E-state index contributed by atoms with van der Waals surface area (Å²) < 4.78 is 41.3. The van der Waals surface area contributed by atoms with Crippen LogP contribution in [0.1, 0.15) is 26.7 Å². The fourth-order valence-corrected chi connectivity index (χ4v) is 2.06. The Labute approximate surface area is 119 Å². The Hall–Kier alpha value is -0.520. The topological polar surface area (TPSA) is 69.7 Å². The minimum Gasteiger partial charge on any atom is -0.191 e. The molecule has 1 aromatic carbocycles. The van der Waals surface area contributed by atoms with Crippen LogP contribution < -0.4 is 0 Å². The first-order valence-electron chi connectivity index (χ1n) is 5.61. The smallest absolute Gasteiger partial charge is 0.191 e. The number of benzene rings is 1. The fraction of sp³-hybridized carbons (Fsp3) is 0.455. The lowest BCUT2D eigenvalue weighted by Crippen LogP contribution is -2.04. The van der Waals surface area contributed by atoms with E-state index in [4.69, 9.17) is 11.6 Å². The van der Waals surface area contributed by atoms with Gasteiger partial charge in [-0.05, 0) is 28.8 Å². The van der Waals surface area contributed by atoms with Gasteiger partial charge in [0, 0.05) is 9.70 Å². The van der Waals surface area contributed by atoms with E-state index in [1.54, 1.807) is 0 Å². The average Bonchev–Trinajstić information content (AvgIpc) is 2.37. The predicted molar refractivity (Wildman–Crippen MR) is 74.9 cm³/mol. The second-order valence-corrected chi connectivity index (χ2v) is 6.47. The Bertz CT molecular complexity index is 484. The van der Waals surface area contributed by atoms with Gasteiger partial charge in [-0.15, -0.1) is 0 Å². The highest BCUT2D eigenvalue weighted by atomic mass is 35.5. The molecule has 0 aliphatic rings. The first-order chi connectivity index (χ1) is 8.83. The molecule has 0 heterocycles. The molecule has 0 radical (unpaired) electrons. The zero-order valence-corrected chi connectivity index (χ0v) is 13.5. The summed E-state index contributed by atoms with van der Waals surface area (Å²) in [5.74, 6) is 0. The molecule has 19 heavy (non-hydrogen) atoms. The lowest BCUT2D eigenvalue weighted by Gasteiger charge is -1.98. The summed E-state index contributed by atoms with van der Waals surface area (Å²) in [5, 5.41) is 0.399. The molecule has 5 nitrogen and oxygen atoms in total. The molecule has 0 N–H and O–H groups in total. The Morgan fingerprint density at radius 1 is 1.16 bits per heavy atom. The highest BCUT2D eigenvalue weighted by molar-refractivity contribution is 7.86. The summed E-state index contributed by atoms with van der Waals surface area (Å²) >= 11 is 5.58. The van der Waals surface area contributed by atoms with E-state index >= 15 is 0 Å². The van der Waals surface area contributed by atoms with Gasteiger partial charge < -0.3 is 0 Å². The lowest BCUT2D eigenvalue weighted by molar-refractivity contribution is -0.0833. The summed E-state index contributed by atoms with van der Waals surface area (Å²) in [5.41, 5.74) is 0. The number of unbranched alkanes of at least 4 members (excludes halogenated alkanes) is 1. The van der Waals surface area contributed by atoms with Crippen molar-refractivity contribution in [3.63, 3.8) is 0 Å². The van der Waals surface area contributed by atoms with Crippen LogP contribution in [0.15, 0.2) is 29.2 Å². The van der Waals surface area contributed by atoms with Crippen LogP contribution in [-0.2, 0) is 23.7 Å². The molecule has 0 aromatic heterocycles. The van der Waals surface area contributed by atoms with Crippen LogP contribution in [0.25, 0.3) is 0 Å². The van der Waals surface area contributed by atoms with Crippen molar-refractivity contribution < 1.29 is 22.0 Å². The van der Waals surface area contributed by atoms with Gasteiger partial charge in [0.15, 0.2) is 6.66 Å². The molecule has 0 bridgehead atoms. The molecule has 0 saturated carbocycles. The van der Waals surface area contributed by atoms with Crippen molar-refractivity contribution in [2.24, 2.45) is 0 Å². The van der Waals surface area contributed by atoms with E-state index in [0.717, 1.165) is 0 Å². The molecule has 1 rings (SSSR count). The largest absolute Gasteiger partial charge is 0.537 e. The van der Waals surface area contributed by atoms with Crippen molar-refractivity contribution >= 4 is 29.7 Å². The van der Waals surface area contributed by atoms with E-state index < -0.39 is 18.1 Å². The van der Waals surface area contributed by atoms with Gasteiger partial charge in [0.05, 0.1) is 4.90 Å². The van der Waals surface area contributed by atoms with Crippen LogP contribution >= 0.6 is 19.6 Å². The normalized spacial score (nSPS) is 11.5. The van der Waals surface area contributed by atoms with Crippen molar-refractivity contribution in [2.75, 3.05) is 6.66 Å². The molecule has 0 aliphatic carbocycles.